The van der Waals surface area contributed by atoms with E-state index < -0.39 is 16.9 Å². The molecule has 1 unspecified atom stereocenters. The van der Waals surface area contributed by atoms with E-state index in [9.17, 15) is 14.4 Å². The van der Waals surface area contributed by atoms with Crippen molar-refractivity contribution < 1.29 is 14.0 Å². The summed E-state index contributed by atoms with van der Waals surface area (Å²) < 4.78 is 5.98. The molecule has 2 amide bonds. The second kappa shape index (κ2) is 7.00. The Kier molecular flexibility index (Phi) is 4.27. The molecule has 0 bridgehead atoms. The van der Waals surface area contributed by atoms with Gasteiger partial charge in [0.1, 0.15) is 5.58 Å². The maximum absolute atomic E-state index is 14.2. The Bertz CT molecular complexity index is 1530. The third-order valence-electron chi connectivity index (χ3n) is 6.14. The fourth-order valence-corrected chi connectivity index (χ4v) is 5.77. The first-order chi connectivity index (χ1) is 16.0. The molecule has 33 heavy (non-hydrogen) atoms. The number of benzene rings is 2. The predicted molar refractivity (Wildman–Crippen MR) is 126 cm³/mol. The second-order valence-electron chi connectivity index (χ2n) is 7.92. The van der Waals surface area contributed by atoms with Gasteiger partial charge in [0.05, 0.1) is 16.6 Å². The van der Waals surface area contributed by atoms with Crippen LogP contribution in [0.2, 0.25) is 5.02 Å². The number of para-hydroxylation sites is 1. The molecule has 2 aromatic heterocycles. The van der Waals surface area contributed by atoms with Crippen LogP contribution in [0.25, 0.3) is 11.0 Å². The first kappa shape index (κ1) is 20.1. The van der Waals surface area contributed by atoms with E-state index in [1.54, 1.807) is 40.7 Å². The summed E-state index contributed by atoms with van der Waals surface area (Å²) in [6, 6.07) is 11.9. The van der Waals surface area contributed by atoms with Gasteiger partial charge in [-0.05, 0) is 30.7 Å². The Morgan fingerprint density at radius 2 is 1.97 bits per heavy atom. The molecule has 1 atom stereocenters. The minimum atomic E-state index is -1.70. The van der Waals surface area contributed by atoms with Crippen LogP contribution in [0.4, 0.5) is 10.8 Å². The van der Waals surface area contributed by atoms with Crippen molar-refractivity contribution in [2.45, 2.75) is 18.9 Å². The average Bonchev–Trinajstić information content (AvgIpc) is 3.48. The number of rotatable bonds is 3. The van der Waals surface area contributed by atoms with Gasteiger partial charge in [0, 0.05) is 28.7 Å². The number of fused-ring (bicyclic) bond motifs is 5. The number of hydrogen-bond acceptors (Lipinski definition) is 6. The monoisotopic (exact) mass is 477 g/mol. The molecule has 2 aliphatic heterocycles. The number of carbonyl (C=O) groups is 2. The Hall–Kier alpha value is -3.49. The quantitative estimate of drug-likeness (QED) is 0.432. The zero-order valence-corrected chi connectivity index (χ0v) is 18.9. The highest BCUT2D eigenvalue weighted by Crippen LogP contribution is 2.54. The maximum Gasteiger partial charge on any atom is 0.297 e. The smallest absolute Gasteiger partial charge is 0.297 e. The van der Waals surface area contributed by atoms with E-state index >= 15 is 0 Å². The average molecular weight is 478 g/mol. The Labute approximate surface area is 196 Å². The first-order valence-corrected chi connectivity index (χ1v) is 11.7. The van der Waals surface area contributed by atoms with E-state index in [2.05, 4.69) is 4.98 Å². The van der Waals surface area contributed by atoms with Crippen LogP contribution >= 0.6 is 22.9 Å². The maximum atomic E-state index is 14.2. The molecule has 0 saturated carbocycles. The summed E-state index contributed by atoms with van der Waals surface area (Å²) in [5.74, 6) is -1.09. The van der Waals surface area contributed by atoms with Crippen molar-refractivity contribution in [3.05, 3.63) is 86.2 Å². The number of nitrogens with zero attached hydrogens (tertiary/aromatic N) is 3. The van der Waals surface area contributed by atoms with Gasteiger partial charge in [0.2, 0.25) is 5.76 Å². The number of thiazole rings is 1. The number of amides is 2. The van der Waals surface area contributed by atoms with E-state index in [0.717, 1.165) is 0 Å². The summed E-state index contributed by atoms with van der Waals surface area (Å²) in [5.41, 5.74) is -0.697. The number of aromatic nitrogens is 1. The van der Waals surface area contributed by atoms with Gasteiger partial charge in [0.25, 0.3) is 11.8 Å². The normalized spacial score (nSPS) is 19.1. The van der Waals surface area contributed by atoms with Crippen LogP contribution in [-0.4, -0.2) is 23.3 Å². The molecule has 0 fully saturated rings. The topological polar surface area (TPSA) is 83.7 Å². The lowest BCUT2D eigenvalue weighted by molar-refractivity contribution is -0.121. The molecule has 7 nitrogen and oxygen atoms in total. The van der Waals surface area contributed by atoms with E-state index in [1.807, 2.05) is 19.1 Å². The van der Waals surface area contributed by atoms with Crippen LogP contribution in [0.15, 0.2) is 63.3 Å². The van der Waals surface area contributed by atoms with Crippen molar-refractivity contribution in [3.8, 4) is 0 Å². The highest BCUT2D eigenvalue weighted by molar-refractivity contribution is 7.13. The lowest BCUT2D eigenvalue weighted by Crippen LogP contribution is -2.53. The van der Waals surface area contributed by atoms with Crippen LogP contribution in [0, 0.1) is 0 Å². The second-order valence-corrected chi connectivity index (χ2v) is 9.22. The lowest BCUT2D eigenvalue weighted by atomic mass is 9.84. The van der Waals surface area contributed by atoms with Crippen molar-refractivity contribution >= 4 is 56.5 Å². The predicted octanol–water partition coefficient (Wildman–Crippen LogP) is 4.56. The zero-order chi connectivity index (χ0) is 22.9. The van der Waals surface area contributed by atoms with Gasteiger partial charge in [-0.25, -0.2) is 4.98 Å². The van der Waals surface area contributed by atoms with Gasteiger partial charge in [-0.15, -0.1) is 11.3 Å². The van der Waals surface area contributed by atoms with Gasteiger partial charge in [-0.1, -0.05) is 36.7 Å². The van der Waals surface area contributed by atoms with Crippen molar-refractivity contribution in [2.75, 3.05) is 16.3 Å². The summed E-state index contributed by atoms with van der Waals surface area (Å²) in [5, 5.41) is 2.61. The first-order valence-electron chi connectivity index (χ1n) is 10.4. The molecular weight excluding hydrogens is 462 g/mol. The van der Waals surface area contributed by atoms with E-state index in [-0.39, 0.29) is 28.2 Å². The zero-order valence-electron chi connectivity index (χ0n) is 17.4. The lowest BCUT2D eigenvalue weighted by Gasteiger charge is -2.32. The third-order valence-corrected chi connectivity index (χ3v) is 7.14. The third kappa shape index (κ3) is 2.45. The number of hydrogen-bond donors (Lipinski definition) is 0. The molecule has 0 saturated heterocycles. The highest BCUT2D eigenvalue weighted by atomic mass is 35.5. The van der Waals surface area contributed by atoms with Gasteiger partial charge >= 0.3 is 0 Å². The fraction of sp³-hybridized carbons (Fsp3) is 0.167. The summed E-state index contributed by atoms with van der Waals surface area (Å²) >= 11 is 7.38. The highest BCUT2D eigenvalue weighted by Gasteiger charge is 2.66. The van der Waals surface area contributed by atoms with E-state index in [0.29, 0.717) is 34.4 Å². The Morgan fingerprint density at radius 1 is 1.15 bits per heavy atom. The molecule has 6 rings (SSSR count). The standard InChI is InChI=1S/C24H16ClN3O4S/c1-2-10-27-16-6-4-3-5-15(16)24(22(27)31)18-19(29)14-12-13(25)7-8-17(14)32-20(18)21(30)28(24)23-26-9-11-33-23/h3-9,11-12H,2,10H2,1H3. The largest absolute Gasteiger partial charge is 0.450 e. The molecule has 9 heteroatoms. The molecule has 164 valence electrons. The molecular formula is C24H16ClN3O4S. The molecule has 1 spiro atoms. The van der Waals surface area contributed by atoms with Crippen LogP contribution < -0.4 is 15.2 Å². The van der Waals surface area contributed by atoms with Crippen LogP contribution in [0.1, 0.15) is 35.0 Å². The summed E-state index contributed by atoms with van der Waals surface area (Å²) in [6.45, 7) is 2.41. The van der Waals surface area contributed by atoms with Gasteiger partial charge < -0.3 is 9.32 Å². The minimum Gasteiger partial charge on any atom is -0.450 e. The van der Waals surface area contributed by atoms with Crippen molar-refractivity contribution in [2.24, 2.45) is 0 Å². The SMILES string of the molecule is CCCN1C(=O)C2(c3ccccc31)c1c(oc3ccc(Cl)cc3c1=O)C(=O)N2c1nccs1. The Balaban J connectivity index is 1.79. The Morgan fingerprint density at radius 3 is 2.73 bits per heavy atom. The van der Waals surface area contributed by atoms with Crippen molar-refractivity contribution in [3.63, 3.8) is 0 Å². The molecule has 0 aliphatic carbocycles. The van der Waals surface area contributed by atoms with E-state index in [4.69, 9.17) is 16.0 Å². The van der Waals surface area contributed by atoms with Crippen LogP contribution in [0.3, 0.4) is 0 Å². The molecule has 4 heterocycles. The molecule has 0 N–H and O–H groups in total. The molecule has 0 radical (unpaired) electrons. The minimum absolute atomic E-state index is 0.00789. The molecule has 2 aliphatic rings. The molecule has 4 aromatic rings. The summed E-state index contributed by atoms with van der Waals surface area (Å²) in [6.07, 6.45) is 2.26. The van der Waals surface area contributed by atoms with Crippen molar-refractivity contribution in [1.82, 2.24) is 4.98 Å². The van der Waals surface area contributed by atoms with Crippen molar-refractivity contribution in [1.29, 1.82) is 0 Å². The number of halogens is 1. The fourth-order valence-electron chi connectivity index (χ4n) is 4.91. The van der Waals surface area contributed by atoms with Crippen LogP contribution in [0.5, 0.6) is 0 Å². The van der Waals surface area contributed by atoms with Gasteiger partial charge in [0.15, 0.2) is 16.1 Å². The number of carbonyl (C=O) groups excluding carboxylic acids is 2. The van der Waals surface area contributed by atoms with Gasteiger partial charge in [-0.2, -0.15) is 0 Å². The van der Waals surface area contributed by atoms with Crippen LogP contribution in [-0.2, 0) is 10.3 Å². The van der Waals surface area contributed by atoms with E-state index in [1.165, 1.54) is 22.3 Å². The van der Waals surface area contributed by atoms with Gasteiger partial charge in [-0.3, -0.25) is 19.3 Å². The summed E-state index contributed by atoms with van der Waals surface area (Å²) in [4.78, 5) is 49.3. The summed E-state index contributed by atoms with van der Waals surface area (Å²) in [7, 11) is 0. The molecule has 2 aromatic carbocycles. The number of anilines is 2.